The van der Waals surface area contributed by atoms with Crippen molar-refractivity contribution in [1.82, 2.24) is 9.62 Å². The smallest absolute Gasteiger partial charge is 0.264 e. The van der Waals surface area contributed by atoms with E-state index in [1.54, 1.807) is 35.2 Å². The summed E-state index contributed by atoms with van der Waals surface area (Å²) in [6.07, 6.45) is 2.98. The van der Waals surface area contributed by atoms with E-state index in [2.05, 4.69) is 22.2 Å². The lowest BCUT2D eigenvalue weighted by Crippen LogP contribution is -2.37. The van der Waals surface area contributed by atoms with Crippen molar-refractivity contribution in [1.29, 1.82) is 0 Å². The number of hydrogen-bond acceptors (Lipinski definition) is 6. The number of carbonyl (C=O) groups excluding carboxylic acids is 1. The largest absolute Gasteiger partial charge is 0.291 e. The molecule has 0 aliphatic carbocycles. The van der Waals surface area contributed by atoms with E-state index >= 15 is 0 Å². The molecule has 1 aromatic carbocycles. The van der Waals surface area contributed by atoms with Gasteiger partial charge in [0.05, 0.1) is 17.2 Å². The van der Waals surface area contributed by atoms with Crippen LogP contribution in [0, 0.1) is 0 Å². The molecule has 1 amide bonds. The fraction of sp³-hybridized carbons (Fsp3) is 0.250. The number of benzene rings is 1. The normalized spacial score (nSPS) is 16.4. The molecule has 0 atom stereocenters. The Balaban J connectivity index is 1.47. The van der Waals surface area contributed by atoms with Crippen molar-refractivity contribution in [3.63, 3.8) is 0 Å². The highest BCUT2D eigenvalue weighted by Crippen LogP contribution is 2.24. The van der Waals surface area contributed by atoms with Crippen LogP contribution in [0.4, 0.5) is 0 Å². The number of thiophene rings is 1. The first kappa shape index (κ1) is 19.5. The molecule has 0 unspecified atom stereocenters. The predicted molar refractivity (Wildman–Crippen MR) is 114 cm³/mol. The number of aliphatic imine (C=N–C) groups is 2. The molecule has 0 bridgehead atoms. The third kappa shape index (κ3) is 4.01. The summed E-state index contributed by atoms with van der Waals surface area (Å²) in [6.45, 7) is 2.64. The van der Waals surface area contributed by atoms with Gasteiger partial charge in [0.25, 0.3) is 15.9 Å². The molecule has 1 N–H and O–H groups in total. The Kier molecular flexibility index (Phi) is 5.33. The third-order valence-electron chi connectivity index (χ3n) is 4.83. The minimum Gasteiger partial charge on any atom is -0.291 e. The first-order chi connectivity index (χ1) is 14.0. The summed E-state index contributed by atoms with van der Waals surface area (Å²) in [7, 11) is -3.55. The van der Waals surface area contributed by atoms with E-state index < -0.39 is 10.0 Å². The number of hydrogen-bond donors (Lipinski definition) is 1. The maximum atomic E-state index is 12.7. The van der Waals surface area contributed by atoms with Crippen molar-refractivity contribution < 1.29 is 13.2 Å². The van der Waals surface area contributed by atoms with E-state index in [1.807, 2.05) is 12.1 Å². The SMILES string of the molecule is CCc1ccc(C(=O)NC2=NCC3=CN(S(=O)(=O)c4ccsc4)CCC3=N2)cc1. The van der Waals surface area contributed by atoms with Crippen molar-refractivity contribution in [3.05, 3.63) is 64.0 Å². The zero-order valence-electron chi connectivity index (χ0n) is 15.8. The van der Waals surface area contributed by atoms with Gasteiger partial charge < -0.3 is 0 Å². The lowest BCUT2D eigenvalue weighted by Gasteiger charge is -2.28. The van der Waals surface area contributed by atoms with Gasteiger partial charge in [-0.05, 0) is 35.6 Å². The van der Waals surface area contributed by atoms with Crippen LogP contribution in [0.1, 0.15) is 29.3 Å². The Bertz CT molecular complexity index is 1110. The summed E-state index contributed by atoms with van der Waals surface area (Å²) in [6, 6.07) is 9.01. The average molecular weight is 429 g/mol. The van der Waals surface area contributed by atoms with Gasteiger partial charge in [-0.2, -0.15) is 11.3 Å². The number of fused-ring (bicyclic) bond motifs is 1. The molecule has 0 fully saturated rings. The van der Waals surface area contributed by atoms with Crippen molar-refractivity contribution in [2.45, 2.75) is 24.7 Å². The highest BCUT2D eigenvalue weighted by Gasteiger charge is 2.28. The molecule has 1 aromatic heterocycles. The summed E-state index contributed by atoms with van der Waals surface area (Å²) >= 11 is 1.35. The van der Waals surface area contributed by atoms with Crippen LogP contribution in [-0.2, 0) is 16.4 Å². The van der Waals surface area contributed by atoms with Crippen LogP contribution in [0.2, 0.25) is 0 Å². The van der Waals surface area contributed by atoms with E-state index in [0.717, 1.165) is 23.3 Å². The van der Waals surface area contributed by atoms with E-state index in [9.17, 15) is 13.2 Å². The number of aryl methyl sites for hydroxylation is 1. The quantitative estimate of drug-likeness (QED) is 0.812. The Morgan fingerprint density at radius 1 is 1.24 bits per heavy atom. The second-order valence-corrected chi connectivity index (χ2v) is 9.35. The molecule has 9 heteroatoms. The molecule has 0 saturated carbocycles. The maximum absolute atomic E-state index is 12.7. The molecule has 2 aliphatic rings. The molecule has 0 spiro atoms. The summed E-state index contributed by atoms with van der Waals surface area (Å²) in [4.78, 5) is 21.4. The molecule has 0 saturated heterocycles. The third-order valence-corrected chi connectivity index (χ3v) is 7.42. The topological polar surface area (TPSA) is 91.2 Å². The fourth-order valence-corrected chi connectivity index (χ4v) is 5.49. The predicted octanol–water partition coefficient (Wildman–Crippen LogP) is 2.83. The van der Waals surface area contributed by atoms with Gasteiger partial charge in [0.15, 0.2) is 0 Å². The van der Waals surface area contributed by atoms with Crippen LogP contribution >= 0.6 is 11.3 Å². The number of carbonyl (C=O) groups is 1. The Hall–Kier alpha value is -2.78. The standard InChI is InChI=1S/C20H20N4O3S2/c1-2-14-3-5-15(6-4-14)19(25)23-20-21-11-16-12-24(9-7-18(16)22-20)29(26,27)17-8-10-28-13-17/h3-6,8,10,12-13H,2,7,9,11H2,1H3,(H,21,23,25). The van der Waals surface area contributed by atoms with Crippen LogP contribution in [0.3, 0.4) is 0 Å². The number of guanidine groups is 1. The van der Waals surface area contributed by atoms with Gasteiger partial charge >= 0.3 is 0 Å². The van der Waals surface area contributed by atoms with Crippen LogP contribution in [0.15, 0.2) is 67.7 Å². The first-order valence-electron chi connectivity index (χ1n) is 9.25. The van der Waals surface area contributed by atoms with Crippen molar-refractivity contribution in [3.8, 4) is 0 Å². The first-order valence-corrected chi connectivity index (χ1v) is 11.6. The van der Waals surface area contributed by atoms with Gasteiger partial charge in [0, 0.05) is 35.7 Å². The van der Waals surface area contributed by atoms with E-state index in [0.29, 0.717) is 23.4 Å². The van der Waals surface area contributed by atoms with Crippen LogP contribution < -0.4 is 5.32 Å². The van der Waals surface area contributed by atoms with Crippen LogP contribution in [-0.4, -0.2) is 43.4 Å². The number of amides is 1. The van der Waals surface area contributed by atoms with Crippen LogP contribution in [0.25, 0.3) is 0 Å². The lowest BCUT2D eigenvalue weighted by atomic mass is 10.1. The van der Waals surface area contributed by atoms with Crippen LogP contribution in [0.5, 0.6) is 0 Å². The van der Waals surface area contributed by atoms with Gasteiger partial charge in [-0.3, -0.25) is 14.4 Å². The van der Waals surface area contributed by atoms with E-state index in [-0.39, 0.29) is 18.4 Å². The molecule has 7 nitrogen and oxygen atoms in total. The number of rotatable bonds is 4. The molecule has 3 heterocycles. The van der Waals surface area contributed by atoms with Crippen molar-refractivity contribution >= 4 is 38.9 Å². The van der Waals surface area contributed by atoms with Gasteiger partial charge in [0.2, 0.25) is 5.96 Å². The average Bonchev–Trinajstić information content (AvgIpc) is 3.29. The zero-order valence-corrected chi connectivity index (χ0v) is 17.5. The molecule has 2 aliphatic heterocycles. The van der Waals surface area contributed by atoms with Gasteiger partial charge in [0.1, 0.15) is 0 Å². The molecule has 2 aromatic rings. The maximum Gasteiger partial charge on any atom is 0.264 e. The number of nitrogens with zero attached hydrogens (tertiary/aromatic N) is 3. The zero-order chi connectivity index (χ0) is 20.4. The monoisotopic (exact) mass is 428 g/mol. The number of nitrogens with one attached hydrogen (secondary N) is 1. The summed E-state index contributed by atoms with van der Waals surface area (Å²) in [5, 5.41) is 6.10. The van der Waals surface area contributed by atoms with Crippen molar-refractivity contribution in [2.24, 2.45) is 9.98 Å². The Morgan fingerprint density at radius 2 is 2.03 bits per heavy atom. The van der Waals surface area contributed by atoms with E-state index in [1.165, 1.54) is 15.6 Å². The minimum atomic E-state index is -3.55. The second kappa shape index (κ2) is 7.92. The fourth-order valence-electron chi connectivity index (χ4n) is 3.13. The van der Waals surface area contributed by atoms with Gasteiger partial charge in [-0.1, -0.05) is 19.1 Å². The number of sulfonamides is 1. The molecular weight excluding hydrogens is 408 g/mol. The summed E-state index contributed by atoms with van der Waals surface area (Å²) in [5.74, 6) is -0.00323. The summed E-state index contributed by atoms with van der Waals surface area (Å²) in [5.41, 5.74) is 3.22. The highest BCUT2D eigenvalue weighted by atomic mass is 32.2. The van der Waals surface area contributed by atoms with Crippen molar-refractivity contribution in [2.75, 3.05) is 13.1 Å². The van der Waals surface area contributed by atoms with Gasteiger partial charge in [-0.25, -0.2) is 18.4 Å². The van der Waals surface area contributed by atoms with Gasteiger partial charge in [-0.15, -0.1) is 0 Å². The Labute approximate surface area is 173 Å². The minimum absolute atomic E-state index is 0.260. The van der Waals surface area contributed by atoms with E-state index in [4.69, 9.17) is 0 Å². The molecule has 150 valence electrons. The lowest BCUT2D eigenvalue weighted by molar-refractivity contribution is 0.0976. The molecule has 4 rings (SSSR count). The molecule has 0 radical (unpaired) electrons. The molecule has 29 heavy (non-hydrogen) atoms. The summed E-state index contributed by atoms with van der Waals surface area (Å²) < 4.78 is 26.7. The highest BCUT2D eigenvalue weighted by molar-refractivity contribution is 7.89. The second-order valence-electron chi connectivity index (χ2n) is 6.68. The molecular formula is C20H20N4O3S2. The Morgan fingerprint density at radius 3 is 2.72 bits per heavy atom.